The van der Waals surface area contributed by atoms with E-state index in [1.54, 1.807) is 6.92 Å². The van der Waals surface area contributed by atoms with Gasteiger partial charge in [-0.15, -0.1) is 0 Å². The van der Waals surface area contributed by atoms with Gasteiger partial charge in [-0.25, -0.2) is 0 Å². The Hall–Kier alpha value is -1.43. The molecule has 0 aromatic heterocycles. The number of carbonyl (C=O) groups excluding carboxylic acids is 2. The van der Waals surface area contributed by atoms with Gasteiger partial charge < -0.3 is 14.2 Å². The van der Waals surface area contributed by atoms with Crippen LogP contribution in [0.1, 0.15) is 62.1 Å². The van der Waals surface area contributed by atoms with E-state index in [0.29, 0.717) is 56.9 Å². The maximum Gasteiger partial charge on any atom is 0.312 e. The van der Waals surface area contributed by atoms with E-state index < -0.39 is 11.2 Å². The highest BCUT2D eigenvalue weighted by Gasteiger charge is 2.50. The first-order chi connectivity index (χ1) is 13.8. The molecule has 1 heterocycles. The molecule has 2 fully saturated rings. The number of esters is 1. The van der Waals surface area contributed by atoms with Crippen molar-refractivity contribution in [2.75, 3.05) is 19.8 Å². The predicted molar refractivity (Wildman–Crippen MR) is 111 cm³/mol. The van der Waals surface area contributed by atoms with Crippen LogP contribution < -0.4 is 0 Å². The minimum absolute atomic E-state index is 0.0491. The minimum atomic E-state index is -0.795. The van der Waals surface area contributed by atoms with Crippen molar-refractivity contribution >= 4 is 23.4 Å². The molecule has 2 aliphatic rings. The first kappa shape index (κ1) is 22.3. The molecule has 5 nitrogen and oxygen atoms in total. The zero-order valence-electron chi connectivity index (χ0n) is 17.6. The number of aryl methyl sites for hydroxylation is 2. The number of benzene rings is 1. The Bertz CT molecular complexity index is 734. The molecule has 1 spiro atoms. The number of hydrogen-bond donors (Lipinski definition) is 0. The molecule has 6 heteroatoms. The van der Waals surface area contributed by atoms with Crippen LogP contribution in [-0.2, 0) is 30.2 Å². The number of ether oxygens (including phenoxy) is 3. The van der Waals surface area contributed by atoms with E-state index in [-0.39, 0.29) is 18.2 Å². The van der Waals surface area contributed by atoms with E-state index in [1.807, 2.05) is 26.0 Å². The molecule has 1 aliphatic heterocycles. The van der Waals surface area contributed by atoms with Crippen molar-refractivity contribution in [2.45, 2.75) is 71.5 Å². The molecule has 0 amide bonds. The zero-order chi connectivity index (χ0) is 21.1. The SMILES string of the molecule is CCOC(=O)C1(CC(=O)Cc2c(C)cc(Cl)cc2C)CCC2(CC1)OCCCO2. The molecule has 0 bridgehead atoms. The van der Waals surface area contributed by atoms with E-state index in [0.717, 1.165) is 23.1 Å². The van der Waals surface area contributed by atoms with Gasteiger partial charge in [0, 0.05) is 30.7 Å². The van der Waals surface area contributed by atoms with Crippen molar-refractivity contribution in [1.29, 1.82) is 0 Å². The van der Waals surface area contributed by atoms with Crippen LogP contribution in [-0.4, -0.2) is 37.4 Å². The Kier molecular flexibility index (Phi) is 7.02. The summed E-state index contributed by atoms with van der Waals surface area (Å²) in [6.07, 6.45) is 3.67. The summed E-state index contributed by atoms with van der Waals surface area (Å²) in [7, 11) is 0. The average molecular weight is 423 g/mol. The second-order valence-electron chi connectivity index (χ2n) is 8.37. The number of ketones is 1. The van der Waals surface area contributed by atoms with Gasteiger partial charge in [0.15, 0.2) is 5.79 Å². The number of rotatable bonds is 6. The van der Waals surface area contributed by atoms with Gasteiger partial charge in [0.25, 0.3) is 0 Å². The predicted octanol–water partition coefficient (Wildman–Crippen LogP) is 4.72. The molecular weight excluding hydrogens is 392 g/mol. The Morgan fingerprint density at radius 2 is 1.66 bits per heavy atom. The van der Waals surface area contributed by atoms with Gasteiger partial charge in [0.1, 0.15) is 5.78 Å². The van der Waals surface area contributed by atoms with Crippen LogP contribution in [0.3, 0.4) is 0 Å². The quantitative estimate of drug-likeness (QED) is 0.621. The van der Waals surface area contributed by atoms with Crippen LogP contribution in [0.25, 0.3) is 0 Å². The molecule has 160 valence electrons. The zero-order valence-corrected chi connectivity index (χ0v) is 18.4. The topological polar surface area (TPSA) is 61.8 Å². The smallest absolute Gasteiger partial charge is 0.312 e. The summed E-state index contributed by atoms with van der Waals surface area (Å²) in [5.41, 5.74) is 2.20. The van der Waals surface area contributed by atoms with Crippen molar-refractivity contribution in [2.24, 2.45) is 5.41 Å². The summed E-state index contributed by atoms with van der Waals surface area (Å²) < 4.78 is 17.2. The van der Waals surface area contributed by atoms with Crippen molar-refractivity contribution < 1.29 is 23.8 Å². The highest BCUT2D eigenvalue weighted by Crippen LogP contribution is 2.47. The van der Waals surface area contributed by atoms with Gasteiger partial charge in [-0.1, -0.05) is 11.6 Å². The minimum Gasteiger partial charge on any atom is -0.466 e. The van der Waals surface area contributed by atoms with E-state index in [9.17, 15) is 9.59 Å². The molecule has 1 saturated heterocycles. The molecule has 0 atom stereocenters. The fourth-order valence-corrected chi connectivity index (χ4v) is 4.94. The van der Waals surface area contributed by atoms with Crippen molar-refractivity contribution in [3.05, 3.63) is 33.8 Å². The molecular formula is C23H31ClO5. The lowest BCUT2D eigenvalue weighted by molar-refractivity contribution is -0.287. The van der Waals surface area contributed by atoms with Gasteiger partial charge in [0.2, 0.25) is 0 Å². The summed E-state index contributed by atoms with van der Waals surface area (Å²) in [5, 5.41) is 0.671. The lowest BCUT2D eigenvalue weighted by atomic mass is 9.68. The van der Waals surface area contributed by atoms with E-state index in [4.69, 9.17) is 25.8 Å². The monoisotopic (exact) mass is 422 g/mol. The Morgan fingerprint density at radius 1 is 1.07 bits per heavy atom. The normalized spacial score (nSPS) is 20.4. The summed E-state index contributed by atoms with van der Waals surface area (Å²) in [5.74, 6) is -0.822. The van der Waals surface area contributed by atoms with Gasteiger partial charge in [-0.05, 0) is 68.9 Å². The molecule has 1 aromatic rings. The summed E-state index contributed by atoms with van der Waals surface area (Å²) >= 11 is 6.11. The molecule has 3 rings (SSSR count). The molecule has 29 heavy (non-hydrogen) atoms. The number of hydrogen-bond acceptors (Lipinski definition) is 5. The summed E-state index contributed by atoms with van der Waals surface area (Å²) in [6, 6.07) is 3.75. The molecule has 1 saturated carbocycles. The second-order valence-corrected chi connectivity index (χ2v) is 8.81. The van der Waals surface area contributed by atoms with E-state index in [1.165, 1.54) is 0 Å². The fraction of sp³-hybridized carbons (Fsp3) is 0.652. The van der Waals surface area contributed by atoms with Gasteiger partial charge in [-0.3, -0.25) is 9.59 Å². The van der Waals surface area contributed by atoms with Crippen LogP contribution >= 0.6 is 11.6 Å². The van der Waals surface area contributed by atoms with Crippen LogP contribution in [0.4, 0.5) is 0 Å². The molecule has 1 aliphatic carbocycles. The van der Waals surface area contributed by atoms with Crippen LogP contribution in [0.5, 0.6) is 0 Å². The summed E-state index contributed by atoms with van der Waals surface area (Å²) in [4.78, 5) is 25.9. The lowest BCUT2D eigenvalue weighted by Gasteiger charge is -2.46. The van der Waals surface area contributed by atoms with Crippen LogP contribution in [0.2, 0.25) is 5.02 Å². The van der Waals surface area contributed by atoms with Crippen molar-refractivity contribution in [3.63, 3.8) is 0 Å². The highest BCUT2D eigenvalue weighted by molar-refractivity contribution is 6.30. The molecule has 1 aromatic carbocycles. The maximum absolute atomic E-state index is 13.0. The molecule has 0 radical (unpaired) electrons. The third-order valence-corrected chi connectivity index (χ3v) is 6.48. The average Bonchev–Trinajstić information content (AvgIpc) is 2.68. The summed E-state index contributed by atoms with van der Waals surface area (Å²) in [6.45, 7) is 7.39. The van der Waals surface area contributed by atoms with E-state index in [2.05, 4.69) is 0 Å². The highest BCUT2D eigenvalue weighted by atomic mass is 35.5. The largest absolute Gasteiger partial charge is 0.466 e. The Balaban J connectivity index is 1.74. The van der Waals surface area contributed by atoms with Gasteiger partial charge in [0.05, 0.1) is 25.2 Å². The third-order valence-electron chi connectivity index (χ3n) is 6.27. The van der Waals surface area contributed by atoms with Crippen LogP contribution in [0, 0.1) is 19.3 Å². The maximum atomic E-state index is 13.0. The second kappa shape index (κ2) is 9.15. The van der Waals surface area contributed by atoms with E-state index >= 15 is 0 Å². The first-order valence-corrected chi connectivity index (χ1v) is 10.9. The third kappa shape index (κ3) is 5.01. The number of halogens is 1. The van der Waals surface area contributed by atoms with Gasteiger partial charge >= 0.3 is 5.97 Å². The standard InChI is InChI=1S/C23H31ClO5/c1-4-27-21(26)22(6-8-23(9-7-22)28-10-5-11-29-23)15-19(25)14-20-16(2)12-18(24)13-17(20)3/h12-13H,4-11,14-15H2,1-3H3. The van der Waals surface area contributed by atoms with Crippen molar-refractivity contribution in [3.8, 4) is 0 Å². The van der Waals surface area contributed by atoms with Crippen LogP contribution in [0.15, 0.2) is 12.1 Å². The first-order valence-electron chi connectivity index (χ1n) is 10.5. The Morgan fingerprint density at radius 3 is 2.21 bits per heavy atom. The van der Waals surface area contributed by atoms with Gasteiger partial charge in [-0.2, -0.15) is 0 Å². The molecule has 0 unspecified atom stereocenters. The molecule has 0 N–H and O–H groups in total. The number of carbonyl (C=O) groups is 2. The fourth-order valence-electron chi connectivity index (χ4n) is 4.61. The Labute approximate surface area is 178 Å². The van der Waals surface area contributed by atoms with Crippen molar-refractivity contribution in [1.82, 2.24) is 0 Å². The number of Topliss-reactive ketones (excluding diaryl/α,β-unsaturated/α-hetero) is 1. The lowest BCUT2D eigenvalue weighted by Crippen LogP contribution is -2.49.